The number of ether oxygens (including phenoxy) is 1. The number of aromatic nitrogens is 2. The van der Waals surface area contributed by atoms with E-state index in [4.69, 9.17) is 4.74 Å². The van der Waals surface area contributed by atoms with Gasteiger partial charge in [-0.2, -0.15) is 9.78 Å². The first kappa shape index (κ1) is 22.9. The van der Waals surface area contributed by atoms with Gasteiger partial charge in [0, 0.05) is 40.3 Å². The molecule has 4 aromatic rings. The Hall–Kier alpha value is -3.82. The molecule has 1 aromatic heterocycles. The summed E-state index contributed by atoms with van der Waals surface area (Å²) in [5.74, 6) is 0. The summed E-state index contributed by atoms with van der Waals surface area (Å²) >= 11 is 3.53. The zero-order valence-electron chi connectivity index (χ0n) is 18.7. The van der Waals surface area contributed by atoms with Gasteiger partial charge >= 0.3 is 0 Å². The molecule has 0 spiro atoms. The fourth-order valence-corrected chi connectivity index (χ4v) is 4.80. The van der Waals surface area contributed by atoms with Crippen molar-refractivity contribution in [2.45, 2.75) is 0 Å². The molecule has 0 N–H and O–H groups in total. The molecule has 1 aliphatic rings. The van der Waals surface area contributed by atoms with Crippen LogP contribution in [0.2, 0.25) is 0 Å². The van der Waals surface area contributed by atoms with Crippen LogP contribution >= 0.6 is 15.9 Å². The molecule has 1 aliphatic heterocycles. The van der Waals surface area contributed by atoms with Crippen LogP contribution in [-0.4, -0.2) is 41.0 Å². The number of nitrogens with zero attached hydrogens (tertiary/aromatic N) is 4. The Morgan fingerprint density at radius 1 is 1.06 bits per heavy atom. The number of rotatable bonds is 5. The highest BCUT2D eigenvalue weighted by atomic mass is 79.9. The number of fused-ring (bicyclic) bond motifs is 1. The van der Waals surface area contributed by atoms with Crippen molar-refractivity contribution < 1.29 is 9.66 Å². The highest BCUT2D eigenvalue weighted by Gasteiger charge is 2.23. The molecule has 0 radical (unpaired) electrons. The summed E-state index contributed by atoms with van der Waals surface area (Å²) in [6, 6.07) is 17.7. The quantitative estimate of drug-likeness (QED) is 0.259. The van der Waals surface area contributed by atoms with E-state index < -0.39 is 10.5 Å². The van der Waals surface area contributed by atoms with E-state index >= 15 is 0 Å². The van der Waals surface area contributed by atoms with E-state index in [0.717, 1.165) is 26.0 Å². The Morgan fingerprint density at radius 2 is 1.80 bits per heavy atom. The van der Waals surface area contributed by atoms with E-state index in [0.29, 0.717) is 42.8 Å². The lowest BCUT2D eigenvalue weighted by molar-refractivity contribution is -0.384. The largest absolute Gasteiger partial charge is 0.378 e. The minimum atomic E-state index is -0.490. The van der Waals surface area contributed by atoms with E-state index in [1.807, 2.05) is 30.3 Å². The molecule has 35 heavy (non-hydrogen) atoms. The lowest BCUT2D eigenvalue weighted by Crippen LogP contribution is -2.36. The van der Waals surface area contributed by atoms with Gasteiger partial charge in [-0.3, -0.25) is 14.9 Å². The number of anilines is 1. The van der Waals surface area contributed by atoms with E-state index in [2.05, 4.69) is 32.5 Å². The predicted octanol–water partition coefficient (Wildman–Crippen LogP) is 5.20. The molecule has 1 saturated heterocycles. The molecular weight excluding hydrogens is 512 g/mol. The second-order valence-electron chi connectivity index (χ2n) is 8.12. The molecule has 9 heteroatoms. The lowest BCUT2D eigenvalue weighted by Gasteiger charge is -2.29. The van der Waals surface area contributed by atoms with Crippen molar-refractivity contribution in [2.24, 2.45) is 0 Å². The summed E-state index contributed by atoms with van der Waals surface area (Å²) in [7, 11) is 0. The van der Waals surface area contributed by atoms with E-state index in [1.165, 1.54) is 6.07 Å². The van der Waals surface area contributed by atoms with Crippen molar-refractivity contribution in [3.05, 3.63) is 97.7 Å². The second kappa shape index (κ2) is 9.44. The molecule has 0 atom stereocenters. The molecule has 0 bridgehead atoms. The van der Waals surface area contributed by atoms with Crippen LogP contribution in [0.3, 0.4) is 0 Å². The van der Waals surface area contributed by atoms with Crippen molar-refractivity contribution in [1.82, 2.24) is 9.78 Å². The van der Waals surface area contributed by atoms with Gasteiger partial charge in [0.05, 0.1) is 29.2 Å². The van der Waals surface area contributed by atoms with Gasteiger partial charge in [-0.1, -0.05) is 46.8 Å². The molecule has 0 amide bonds. The van der Waals surface area contributed by atoms with E-state index in [9.17, 15) is 14.9 Å². The molecule has 176 valence electrons. The number of morpholine rings is 1. The fourth-order valence-electron chi connectivity index (χ4n) is 4.29. The smallest absolute Gasteiger partial charge is 0.295 e. The van der Waals surface area contributed by atoms with Gasteiger partial charge in [0.2, 0.25) is 0 Å². The van der Waals surface area contributed by atoms with E-state index in [1.54, 1.807) is 30.3 Å². The van der Waals surface area contributed by atoms with Crippen LogP contribution in [0.15, 0.2) is 76.5 Å². The summed E-state index contributed by atoms with van der Waals surface area (Å²) in [5, 5.41) is 17.7. The van der Waals surface area contributed by atoms with Crippen LogP contribution < -0.4 is 10.5 Å². The molecule has 0 saturated carbocycles. The highest BCUT2D eigenvalue weighted by Crippen LogP contribution is 2.32. The number of halogens is 1. The Balaban J connectivity index is 1.80. The van der Waals surface area contributed by atoms with E-state index in [-0.39, 0.29) is 11.4 Å². The van der Waals surface area contributed by atoms with Gasteiger partial charge in [0.25, 0.3) is 11.2 Å². The van der Waals surface area contributed by atoms with Crippen molar-refractivity contribution in [3.8, 4) is 16.9 Å². The number of hydrogen-bond acceptors (Lipinski definition) is 6. The van der Waals surface area contributed by atoms with Gasteiger partial charge in [-0.15, -0.1) is 0 Å². The summed E-state index contributed by atoms with van der Waals surface area (Å²) in [5.41, 5.74) is 2.44. The van der Waals surface area contributed by atoms with Crippen molar-refractivity contribution >= 4 is 44.2 Å². The van der Waals surface area contributed by atoms with Crippen LogP contribution in [0, 0.1) is 10.1 Å². The summed E-state index contributed by atoms with van der Waals surface area (Å²) < 4.78 is 7.40. The molecule has 5 rings (SSSR count). The Morgan fingerprint density at radius 3 is 2.51 bits per heavy atom. The molecule has 1 fully saturated rings. The first-order chi connectivity index (χ1) is 17.0. The van der Waals surface area contributed by atoms with Gasteiger partial charge in [0.1, 0.15) is 5.69 Å². The Bertz CT molecular complexity index is 1530. The molecule has 3 aromatic carbocycles. The van der Waals surface area contributed by atoms with Crippen LogP contribution in [-0.2, 0) is 4.74 Å². The second-order valence-corrected chi connectivity index (χ2v) is 9.03. The number of nitro benzene ring substituents is 1. The average molecular weight is 533 g/mol. The van der Waals surface area contributed by atoms with Gasteiger partial charge in [-0.05, 0) is 42.0 Å². The molecule has 0 aliphatic carbocycles. The third-order valence-corrected chi connectivity index (χ3v) is 6.45. The summed E-state index contributed by atoms with van der Waals surface area (Å²) in [4.78, 5) is 27.1. The summed E-state index contributed by atoms with van der Waals surface area (Å²) in [6.45, 7) is 6.30. The molecule has 0 unspecified atom stereocenters. The first-order valence-corrected chi connectivity index (χ1v) is 11.8. The maximum Gasteiger partial charge on any atom is 0.295 e. The molecular formula is C26H21BrN4O4. The van der Waals surface area contributed by atoms with Crippen molar-refractivity contribution in [3.63, 3.8) is 0 Å². The first-order valence-electron chi connectivity index (χ1n) is 11.0. The Labute approximate surface area is 209 Å². The van der Waals surface area contributed by atoms with Crippen LogP contribution in [0.5, 0.6) is 0 Å². The Kier molecular flexibility index (Phi) is 6.19. The van der Waals surface area contributed by atoms with Gasteiger partial charge in [-0.25, -0.2) is 0 Å². The third kappa shape index (κ3) is 4.36. The normalized spacial score (nSPS) is 13.7. The van der Waals surface area contributed by atoms with Crippen LogP contribution in [0.4, 0.5) is 11.4 Å². The zero-order valence-corrected chi connectivity index (χ0v) is 20.3. The monoisotopic (exact) mass is 532 g/mol. The van der Waals surface area contributed by atoms with Gasteiger partial charge in [0.15, 0.2) is 0 Å². The fraction of sp³-hybridized carbons (Fsp3) is 0.154. The number of benzene rings is 3. The lowest BCUT2D eigenvalue weighted by atomic mass is 10.0. The minimum absolute atomic E-state index is 0.120. The van der Waals surface area contributed by atoms with Crippen molar-refractivity contribution in [1.29, 1.82) is 0 Å². The maximum atomic E-state index is 13.6. The average Bonchev–Trinajstić information content (AvgIpc) is 2.88. The maximum absolute atomic E-state index is 13.6. The number of hydrogen-bond donors (Lipinski definition) is 0. The number of nitro groups is 1. The zero-order chi connectivity index (χ0) is 24.5. The third-order valence-electron chi connectivity index (χ3n) is 5.99. The summed E-state index contributed by atoms with van der Waals surface area (Å²) in [6.07, 6.45) is 1.73. The van der Waals surface area contributed by atoms with Crippen molar-refractivity contribution in [2.75, 3.05) is 31.2 Å². The van der Waals surface area contributed by atoms with Crippen LogP contribution in [0.25, 0.3) is 33.8 Å². The van der Waals surface area contributed by atoms with Crippen LogP contribution in [0.1, 0.15) is 5.56 Å². The molecule has 2 heterocycles. The standard InChI is InChI=1S/C26H21BrN4O4/c1-2-17-13-18(15-19(27)14-17)25-21-5-3-4-6-22(21)26(32)30(28-25)24-16-20(7-8-23(24)31(33)34)29-9-11-35-12-10-29/h2-8,13-16H,1,9-12H2. The predicted molar refractivity (Wildman–Crippen MR) is 140 cm³/mol. The van der Waals surface area contributed by atoms with Gasteiger partial charge < -0.3 is 9.64 Å². The highest BCUT2D eigenvalue weighted by molar-refractivity contribution is 9.10. The minimum Gasteiger partial charge on any atom is -0.378 e. The molecule has 8 nitrogen and oxygen atoms in total. The SMILES string of the molecule is C=Cc1cc(Br)cc(-c2nn(-c3cc(N4CCOCC4)ccc3[N+](=O)[O-])c(=O)c3ccccc23)c1. The topological polar surface area (TPSA) is 90.5 Å².